The van der Waals surface area contributed by atoms with Crippen LogP contribution in [0.1, 0.15) is 22.2 Å². The molecule has 0 fully saturated rings. The number of carbonyl (C=O) groups excluding carboxylic acids is 2. The highest BCUT2D eigenvalue weighted by Gasteiger charge is 2.14. The zero-order valence-corrected chi connectivity index (χ0v) is 9.72. The summed E-state index contributed by atoms with van der Waals surface area (Å²) in [6.07, 6.45) is 1.07. The zero-order valence-electron chi connectivity index (χ0n) is 9.72. The highest BCUT2D eigenvalue weighted by Crippen LogP contribution is 2.15. The van der Waals surface area contributed by atoms with Crippen LogP contribution in [0, 0.1) is 11.6 Å². The summed E-state index contributed by atoms with van der Waals surface area (Å²) in [4.78, 5) is 23.4. The van der Waals surface area contributed by atoms with Crippen molar-refractivity contribution in [1.82, 2.24) is 15.0 Å². The van der Waals surface area contributed by atoms with Gasteiger partial charge in [-0.2, -0.15) is 5.10 Å². The average molecular weight is 266 g/mol. The van der Waals surface area contributed by atoms with E-state index in [-0.39, 0.29) is 11.4 Å². The van der Waals surface area contributed by atoms with Crippen LogP contribution in [0.5, 0.6) is 0 Å². The number of halogens is 2. The first-order chi connectivity index (χ1) is 8.97. The number of rotatable bonds is 2. The molecule has 0 bridgehead atoms. The molecule has 2 aromatic rings. The summed E-state index contributed by atoms with van der Waals surface area (Å²) in [5.74, 6) is -2.88. The van der Waals surface area contributed by atoms with E-state index in [0.717, 1.165) is 23.1 Å². The average Bonchev–Trinajstić information content (AvgIpc) is 2.82. The van der Waals surface area contributed by atoms with Crippen molar-refractivity contribution >= 4 is 17.5 Å². The maximum Gasteiger partial charge on any atom is 0.277 e. The van der Waals surface area contributed by atoms with Crippen LogP contribution in [0.15, 0.2) is 24.4 Å². The summed E-state index contributed by atoms with van der Waals surface area (Å²) in [6.45, 7) is 1.22. The summed E-state index contributed by atoms with van der Waals surface area (Å²) in [7, 11) is 0. The lowest BCUT2D eigenvalue weighted by Gasteiger charge is -2.03. The van der Waals surface area contributed by atoms with E-state index in [1.54, 1.807) is 0 Å². The fourth-order valence-corrected chi connectivity index (χ4v) is 1.30. The molecule has 6 nitrogen and oxygen atoms in total. The maximum absolute atomic E-state index is 13.3. The number of hydrogen-bond acceptors (Lipinski definition) is 4. The lowest BCUT2D eigenvalue weighted by Crippen LogP contribution is -2.15. The van der Waals surface area contributed by atoms with Crippen LogP contribution < -0.4 is 5.32 Å². The Morgan fingerprint density at radius 1 is 1.32 bits per heavy atom. The molecular weight excluding hydrogens is 258 g/mol. The minimum absolute atomic E-state index is 0.154. The van der Waals surface area contributed by atoms with Crippen molar-refractivity contribution in [2.24, 2.45) is 0 Å². The van der Waals surface area contributed by atoms with E-state index < -0.39 is 23.4 Å². The Hall–Kier alpha value is -2.64. The van der Waals surface area contributed by atoms with Gasteiger partial charge in [0.05, 0.1) is 11.9 Å². The van der Waals surface area contributed by atoms with E-state index in [1.807, 2.05) is 0 Å². The quantitative estimate of drug-likeness (QED) is 0.892. The Kier molecular flexibility index (Phi) is 3.32. The zero-order chi connectivity index (χ0) is 14.0. The first kappa shape index (κ1) is 12.8. The van der Waals surface area contributed by atoms with Gasteiger partial charge in [-0.25, -0.2) is 8.78 Å². The topological polar surface area (TPSA) is 76.9 Å². The molecule has 98 valence electrons. The van der Waals surface area contributed by atoms with E-state index >= 15 is 0 Å². The van der Waals surface area contributed by atoms with E-state index in [1.165, 1.54) is 6.92 Å². The van der Waals surface area contributed by atoms with Crippen LogP contribution in [0.2, 0.25) is 0 Å². The molecular formula is C11H8F2N4O2. The Labute approximate surface area is 106 Å². The van der Waals surface area contributed by atoms with Crippen molar-refractivity contribution < 1.29 is 18.4 Å². The second kappa shape index (κ2) is 4.92. The molecule has 0 aliphatic carbocycles. The van der Waals surface area contributed by atoms with E-state index in [0.29, 0.717) is 6.07 Å². The number of carbonyl (C=O) groups is 2. The molecule has 0 radical (unpaired) electrons. The monoisotopic (exact) mass is 266 g/mol. The normalized spacial score (nSPS) is 10.3. The van der Waals surface area contributed by atoms with Crippen LogP contribution in [-0.4, -0.2) is 26.8 Å². The van der Waals surface area contributed by atoms with E-state index in [2.05, 4.69) is 15.5 Å². The third-order valence-electron chi connectivity index (χ3n) is 2.19. The predicted octanol–water partition coefficient (Wildman–Crippen LogP) is 1.47. The highest BCUT2D eigenvalue weighted by atomic mass is 19.1. The van der Waals surface area contributed by atoms with Crippen molar-refractivity contribution in [2.75, 3.05) is 5.32 Å². The van der Waals surface area contributed by atoms with Gasteiger partial charge in [-0.15, -0.1) is 9.90 Å². The van der Waals surface area contributed by atoms with Crippen molar-refractivity contribution in [2.45, 2.75) is 6.92 Å². The number of aromatic nitrogens is 3. The van der Waals surface area contributed by atoms with Gasteiger partial charge in [0.25, 0.3) is 11.8 Å². The Morgan fingerprint density at radius 3 is 2.63 bits per heavy atom. The highest BCUT2D eigenvalue weighted by molar-refractivity contribution is 6.02. The number of nitrogens with one attached hydrogen (secondary N) is 1. The van der Waals surface area contributed by atoms with Crippen molar-refractivity contribution in [3.05, 3.63) is 41.7 Å². The molecule has 0 unspecified atom stereocenters. The van der Waals surface area contributed by atoms with Crippen LogP contribution >= 0.6 is 0 Å². The maximum atomic E-state index is 13.3. The van der Waals surface area contributed by atoms with Gasteiger partial charge in [-0.1, -0.05) is 0 Å². The molecule has 1 aromatic heterocycles. The van der Waals surface area contributed by atoms with Gasteiger partial charge in [-0.3, -0.25) is 9.59 Å². The molecule has 0 atom stereocenters. The second-order valence-electron chi connectivity index (χ2n) is 3.62. The molecule has 2 rings (SSSR count). The number of amides is 1. The van der Waals surface area contributed by atoms with Crippen LogP contribution in [0.25, 0.3) is 0 Å². The summed E-state index contributed by atoms with van der Waals surface area (Å²) in [6, 6.07) is 2.73. The lowest BCUT2D eigenvalue weighted by atomic mass is 10.3. The third kappa shape index (κ3) is 2.79. The molecule has 0 saturated heterocycles. The smallest absolute Gasteiger partial charge is 0.277 e. The van der Waals surface area contributed by atoms with Gasteiger partial charge in [0, 0.05) is 13.0 Å². The molecule has 19 heavy (non-hydrogen) atoms. The third-order valence-corrected chi connectivity index (χ3v) is 2.19. The molecule has 1 amide bonds. The number of nitrogens with zero attached hydrogens (tertiary/aromatic N) is 3. The van der Waals surface area contributed by atoms with E-state index in [4.69, 9.17) is 0 Å². The summed E-state index contributed by atoms with van der Waals surface area (Å²) >= 11 is 0. The fraction of sp³-hybridized carbons (Fsp3) is 0.0909. The van der Waals surface area contributed by atoms with Gasteiger partial charge in [0.15, 0.2) is 5.69 Å². The SMILES string of the molecule is CC(=O)n1ncc(C(=O)Nc2ccc(F)cc2F)n1. The molecule has 1 N–H and O–H groups in total. The molecule has 8 heteroatoms. The molecule has 1 aromatic carbocycles. The van der Waals surface area contributed by atoms with Gasteiger partial charge in [0.1, 0.15) is 11.6 Å². The molecule has 0 saturated carbocycles. The number of anilines is 1. The fourth-order valence-electron chi connectivity index (χ4n) is 1.30. The molecule has 0 aliphatic heterocycles. The standard InChI is InChI=1S/C11H8F2N4O2/c1-6(18)17-14-5-10(16-17)11(19)15-9-3-2-7(12)4-8(9)13/h2-5H,1H3,(H,15,19). The minimum Gasteiger partial charge on any atom is -0.318 e. The molecule has 0 aliphatic rings. The first-order valence-electron chi connectivity index (χ1n) is 5.17. The Bertz CT molecular complexity index is 654. The molecule has 0 spiro atoms. The predicted molar refractivity (Wildman–Crippen MR) is 60.6 cm³/mol. The van der Waals surface area contributed by atoms with Crippen LogP contribution in [0.3, 0.4) is 0 Å². The van der Waals surface area contributed by atoms with Gasteiger partial charge < -0.3 is 5.32 Å². The Balaban J connectivity index is 2.18. The Morgan fingerprint density at radius 2 is 2.05 bits per heavy atom. The first-order valence-corrected chi connectivity index (χ1v) is 5.17. The number of benzene rings is 1. The largest absolute Gasteiger partial charge is 0.318 e. The van der Waals surface area contributed by atoms with Gasteiger partial charge in [-0.05, 0) is 12.1 Å². The minimum atomic E-state index is -0.910. The summed E-state index contributed by atoms with van der Waals surface area (Å²) in [5, 5.41) is 9.36. The lowest BCUT2D eigenvalue weighted by molar-refractivity contribution is 0.0902. The number of hydrogen-bond donors (Lipinski definition) is 1. The van der Waals surface area contributed by atoms with Crippen LogP contribution in [0.4, 0.5) is 14.5 Å². The van der Waals surface area contributed by atoms with Crippen molar-refractivity contribution in [1.29, 1.82) is 0 Å². The second-order valence-corrected chi connectivity index (χ2v) is 3.62. The van der Waals surface area contributed by atoms with Gasteiger partial charge in [0.2, 0.25) is 0 Å². The van der Waals surface area contributed by atoms with Crippen LogP contribution in [-0.2, 0) is 0 Å². The molecule has 1 heterocycles. The summed E-state index contributed by atoms with van der Waals surface area (Å²) < 4.78 is 26.0. The van der Waals surface area contributed by atoms with Crippen molar-refractivity contribution in [3.63, 3.8) is 0 Å². The van der Waals surface area contributed by atoms with Gasteiger partial charge >= 0.3 is 0 Å². The van der Waals surface area contributed by atoms with E-state index in [9.17, 15) is 18.4 Å². The van der Waals surface area contributed by atoms with Crippen molar-refractivity contribution in [3.8, 4) is 0 Å². The summed E-state index contributed by atoms with van der Waals surface area (Å²) in [5.41, 5.74) is -0.345.